The van der Waals surface area contributed by atoms with Crippen molar-refractivity contribution in [1.82, 2.24) is 4.90 Å². The molecule has 148 valence electrons. The molecule has 0 aliphatic carbocycles. The molecule has 1 saturated heterocycles. The van der Waals surface area contributed by atoms with Gasteiger partial charge in [0.1, 0.15) is 0 Å². The van der Waals surface area contributed by atoms with E-state index in [1.54, 1.807) is 4.90 Å². The molecule has 1 N–H and O–H groups in total. The molecular weight excluding hydrogens is 350 g/mol. The predicted molar refractivity (Wildman–Crippen MR) is 114 cm³/mol. The summed E-state index contributed by atoms with van der Waals surface area (Å²) in [5.41, 5.74) is 3.35. The van der Waals surface area contributed by atoms with Gasteiger partial charge in [-0.25, -0.2) is 0 Å². The Morgan fingerprint density at radius 1 is 1.18 bits per heavy atom. The fourth-order valence-electron chi connectivity index (χ4n) is 3.53. The third-order valence-corrected chi connectivity index (χ3v) is 5.23. The molecule has 0 bridgehead atoms. The van der Waals surface area contributed by atoms with Gasteiger partial charge in [0.25, 0.3) is 5.91 Å². The van der Waals surface area contributed by atoms with Gasteiger partial charge >= 0.3 is 0 Å². The van der Waals surface area contributed by atoms with Gasteiger partial charge in [-0.3, -0.25) is 14.5 Å². The number of hydrogen-bond donors (Lipinski definition) is 1. The van der Waals surface area contributed by atoms with Gasteiger partial charge in [0.15, 0.2) is 0 Å². The van der Waals surface area contributed by atoms with Crippen LogP contribution in [0.5, 0.6) is 0 Å². The molecule has 1 fully saturated rings. The minimum Gasteiger partial charge on any atom is -0.322 e. The summed E-state index contributed by atoms with van der Waals surface area (Å²) in [6, 6.07) is 15.7. The highest BCUT2D eigenvalue weighted by Gasteiger charge is 2.21. The lowest BCUT2D eigenvalue weighted by Crippen LogP contribution is -2.29. The molecule has 0 unspecified atom stereocenters. The Hall–Kier alpha value is -2.66. The van der Waals surface area contributed by atoms with Crippen molar-refractivity contribution in [3.05, 3.63) is 59.7 Å². The van der Waals surface area contributed by atoms with Crippen LogP contribution in [-0.2, 0) is 11.3 Å². The summed E-state index contributed by atoms with van der Waals surface area (Å²) >= 11 is 0. The first-order chi connectivity index (χ1) is 13.5. The number of carbonyl (C=O) groups is 2. The molecule has 0 aromatic heterocycles. The van der Waals surface area contributed by atoms with E-state index in [0.29, 0.717) is 23.7 Å². The molecule has 0 atom stereocenters. The zero-order chi connectivity index (χ0) is 20.1. The Morgan fingerprint density at radius 2 is 1.93 bits per heavy atom. The number of nitrogens with one attached hydrogen (secondary N) is 1. The van der Waals surface area contributed by atoms with Crippen molar-refractivity contribution < 1.29 is 9.59 Å². The topological polar surface area (TPSA) is 52.7 Å². The minimum atomic E-state index is -0.146. The van der Waals surface area contributed by atoms with E-state index >= 15 is 0 Å². The van der Waals surface area contributed by atoms with Gasteiger partial charge in [-0.15, -0.1) is 0 Å². The van der Waals surface area contributed by atoms with Crippen LogP contribution in [0, 0.1) is 0 Å². The molecule has 2 aromatic carbocycles. The van der Waals surface area contributed by atoms with E-state index in [2.05, 4.69) is 31.0 Å². The summed E-state index contributed by atoms with van der Waals surface area (Å²) in [7, 11) is 0. The predicted octanol–water partition coefficient (Wildman–Crippen LogP) is 4.30. The van der Waals surface area contributed by atoms with E-state index in [-0.39, 0.29) is 11.8 Å². The highest BCUT2D eigenvalue weighted by molar-refractivity contribution is 6.05. The average Bonchev–Trinajstić information content (AvgIpc) is 3.12. The van der Waals surface area contributed by atoms with Crippen LogP contribution in [0.15, 0.2) is 48.5 Å². The molecule has 1 heterocycles. The van der Waals surface area contributed by atoms with Crippen LogP contribution < -0.4 is 10.2 Å². The number of carbonyl (C=O) groups excluding carboxylic acids is 2. The van der Waals surface area contributed by atoms with Crippen molar-refractivity contribution in [1.29, 1.82) is 0 Å². The number of benzene rings is 2. The van der Waals surface area contributed by atoms with Crippen LogP contribution in [0.2, 0.25) is 0 Å². The summed E-state index contributed by atoms with van der Waals surface area (Å²) in [6.07, 6.45) is 1.48. The van der Waals surface area contributed by atoms with Gasteiger partial charge in [-0.05, 0) is 62.7 Å². The Morgan fingerprint density at radius 3 is 2.54 bits per heavy atom. The molecular formula is C23H29N3O2. The van der Waals surface area contributed by atoms with Crippen LogP contribution in [0.25, 0.3) is 0 Å². The molecule has 28 heavy (non-hydrogen) atoms. The van der Waals surface area contributed by atoms with Crippen molar-refractivity contribution in [3.63, 3.8) is 0 Å². The molecule has 2 aromatic rings. The zero-order valence-electron chi connectivity index (χ0n) is 16.9. The highest BCUT2D eigenvalue weighted by Crippen LogP contribution is 2.24. The average molecular weight is 380 g/mol. The first-order valence-corrected chi connectivity index (χ1v) is 10.0. The lowest BCUT2D eigenvalue weighted by Gasteiger charge is -2.24. The molecule has 1 aliphatic heterocycles. The van der Waals surface area contributed by atoms with E-state index in [1.165, 1.54) is 5.56 Å². The maximum Gasteiger partial charge on any atom is 0.255 e. The van der Waals surface area contributed by atoms with Crippen LogP contribution in [-0.4, -0.2) is 35.8 Å². The van der Waals surface area contributed by atoms with Gasteiger partial charge in [-0.1, -0.05) is 25.1 Å². The van der Waals surface area contributed by atoms with Gasteiger partial charge < -0.3 is 10.2 Å². The Bertz CT molecular complexity index is 830. The van der Waals surface area contributed by atoms with Gasteiger partial charge in [0, 0.05) is 42.5 Å². The number of hydrogen-bond acceptors (Lipinski definition) is 3. The molecule has 1 aliphatic rings. The second kappa shape index (κ2) is 9.02. The summed E-state index contributed by atoms with van der Waals surface area (Å²) in [5, 5.41) is 2.94. The maximum atomic E-state index is 12.6. The molecule has 0 saturated carbocycles. The van der Waals surface area contributed by atoms with E-state index in [1.807, 2.05) is 48.5 Å². The van der Waals surface area contributed by atoms with E-state index in [0.717, 1.165) is 31.7 Å². The monoisotopic (exact) mass is 379 g/mol. The second-order valence-electron chi connectivity index (χ2n) is 7.51. The molecule has 3 rings (SSSR count). The molecule has 5 heteroatoms. The minimum absolute atomic E-state index is 0.140. The molecule has 2 amide bonds. The second-order valence-corrected chi connectivity index (χ2v) is 7.51. The Labute approximate surface area is 167 Å². The lowest BCUT2D eigenvalue weighted by atomic mass is 10.1. The first kappa shape index (κ1) is 20.1. The van der Waals surface area contributed by atoms with Crippen molar-refractivity contribution >= 4 is 23.2 Å². The van der Waals surface area contributed by atoms with E-state index in [9.17, 15) is 9.59 Å². The van der Waals surface area contributed by atoms with Crippen molar-refractivity contribution in [2.45, 2.75) is 46.2 Å². The van der Waals surface area contributed by atoms with E-state index < -0.39 is 0 Å². The molecule has 5 nitrogen and oxygen atoms in total. The first-order valence-electron chi connectivity index (χ1n) is 10.0. The highest BCUT2D eigenvalue weighted by atomic mass is 16.2. The fourth-order valence-corrected chi connectivity index (χ4v) is 3.53. The normalized spacial score (nSPS) is 14.2. The van der Waals surface area contributed by atoms with Crippen LogP contribution in [0.3, 0.4) is 0 Å². The number of rotatable bonds is 7. The number of anilines is 2. The van der Waals surface area contributed by atoms with Crippen LogP contribution in [0.1, 0.15) is 49.5 Å². The zero-order valence-corrected chi connectivity index (χ0v) is 16.9. The summed E-state index contributed by atoms with van der Waals surface area (Å²) in [4.78, 5) is 28.7. The fraction of sp³-hybridized carbons (Fsp3) is 0.391. The van der Waals surface area contributed by atoms with Crippen molar-refractivity contribution in [3.8, 4) is 0 Å². The molecule has 0 spiro atoms. The quantitative estimate of drug-likeness (QED) is 0.780. The largest absolute Gasteiger partial charge is 0.322 e. The summed E-state index contributed by atoms with van der Waals surface area (Å²) < 4.78 is 0. The van der Waals surface area contributed by atoms with Crippen molar-refractivity contribution in [2.75, 3.05) is 23.3 Å². The number of nitrogens with zero attached hydrogens (tertiary/aromatic N) is 2. The third kappa shape index (κ3) is 4.78. The smallest absolute Gasteiger partial charge is 0.255 e. The lowest BCUT2D eigenvalue weighted by molar-refractivity contribution is -0.117. The van der Waals surface area contributed by atoms with Crippen molar-refractivity contribution in [2.24, 2.45) is 0 Å². The number of amides is 2. The standard InChI is InChI=1S/C23H29N3O2/c1-4-25(17(2)3)16-18-10-12-19(13-11-18)23(28)24-20-7-5-8-21(15-20)26-14-6-9-22(26)27/h5,7-8,10-13,15,17H,4,6,9,14,16H2,1-3H3,(H,24,28). The Balaban J connectivity index is 1.65. The summed E-state index contributed by atoms with van der Waals surface area (Å²) in [5.74, 6) is -0.00533. The maximum absolute atomic E-state index is 12.6. The van der Waals surface area contributed by atoms with Crippen LogP contribution in [0.4, 0.5) is 11.4 Å². The summed E-state index contributed by atoms with van der Waals surface area (Å²) in [6.45, 7) is 9.15. The van der Waals surface area contributed by atoms with Gasteiger partial charge in [0.2, 0.25) is 5.91 Å². The third-order valence-electron chi connectivity index (χ3n) is 5.23. The SMILES string of the molecule is CCN(Cc1ccc(C(=O)Nc2cccc(N3CCCC3=O)c2)cc1)C(C)C. The Kier molecular flexibility index (Phi) is 6.47. The van der Waals surface area contributed by atoms with E-state index in [4.69, 9.17) is 0 Å². The van der Waals surface area contributed by atoms with Gasteiger partial charge in [0.05, 0.1) is 0 Å². The van der Waals surface area contributed by atoms with Crippen LogP contribution >= 0.6 is 0 Å². The van der Waals surface area contributed by atoms with Gasteiger partial charge in [-0.2, -0.15) is 0 Å². The molecule has 0 radical (unpaired) electrons.